The van der Waals surface area contributed by atoms with Gasteiger partial charge in [-0.05, 0) is 36.1 Å². The van der Waals surface area contributed by atoms with Crippen LogP contribution in [0.25, 0.3) is 11.3 Å². The van der Waals surface area contributed by atoms with E-state index in [-0.39, 0.29) is 6.04 Å². The number of thiazole rings is 1. The predicted octanol–water partition coefficient (Wildman–Crippen LogP) is 6.55. The minimum atomic E-state index is 0.115. The molecule has 0 amide bonds. The molecule has 7 heteroatoms. The van der Waals surface area contributed by atoms with Crippen molar-refractivity contribution in [1.82, 2.24) is 4.98 Å². The summed E-state index contributed by atoms with van der Waals surface area (Å²) in [6, 6.07) is 18.8. The smallest absolute Gasteiger partial charge is 0.207 e. The van der Waals surface area contributed by atoms with Crippen molar-refractivity contribution < 1.29 is 9.47 Å². The van der Waals surface area contributed by atoms with E-state index in [1.54, 1.807) is 36.9 Å². The number of hydrazone groups is 1. The second-order valence-electron chi connectivity index (χ2n) is 7.58. The van der Waals surface area contributed by atoms with Crippen molar-refractivity contribution in [2.75, 3.05) is 19.2 Å². The third-order valence-corrected chi connectivity index (χ3v) is 7.30. The summed E-state index contributed by atoms with van der Waals surface area (Å²) in [7, 11) is 3.31. The Balaban J connectivity index is 1.53. The maximum Gasteiger partial charge on any atom is 0.207 e. The molecule has 2 aromatic heterocycles. The van der Waals surface area contributed by atoms with Crippen LogP contribution in [0.5, 0.6) is 11.5 Å². The number of methoxy groups -OCH3 is 2. The highest BCUT2D eigenvalue weighted by atomic mass is 32.1. The molecule has 0 fully saturated rings. The van der Waals surface area contributed by atoms with Gasteiger partial charge in [-0.2, -0.15) is 5.10 Å². The lowest BCUT2D eigenvalue weighted by molar-refractivity contribution is 0.395. The van der Waals surface area contributed by atoms with Gasteiger partial charge in [0.25, 0.3) is 0 Å². The second-order valence-corrected chi connectivity index (χ2v) is 9.36. The van der Waals surface area contributed by atoms with Gasteiger partial charge >= 0.3 is 0 Å². The molecule has 162 valence electrons. The minimum absolute atomic E-state index is 0.115. The number of nitrogens with zero attached hydrogens (tertiary/aromatic N) is 3. The zero-order valence-corrected chi connectivity index (χ0v) is 19.7. The van der Waals surface area contributed by atoms with Gasteiger partial charge in [-0.3, -0.25) is 0 Å². The predicted molar refractivity (Wildman–Crippen MR) is 133 cm³/mol. The first kappa shape index (κ1) is 20.7. The molecule has 1 aliphatic rings. The van der Waals surface area contributed by atoms with Crippen molar-refractivity contribution in [3.63, 3.8) is 0 Å². The lowest BCUT2D eigenvalue weighted by atomic mass is 10.0. The highest BCUT2D eigenvalue weighted by Gasteiger charge is 2.32. The van der Waals surface area contributed by atoms with Crippen LogP contribution in [0.1, 0.15) is 28.5 Å². The van der Waals surface area contributed by atoms with Crippen LogP contribution in [-0.2, 0) is 0 Å². The summed E-state index contributed by atoms with van der Waals surface area (Å²) in [4.78, 5) is 6.16. The van der Waals surface area contributed by atoms with E-state index < -0.39 is 0 Å². The largest absolute Gasteiger partial charge is 0.497 e. The molecule has 0 unspecified atom stereocenters. The Kier molecular flexibility index (Phi) is 5.68. The summed E-state index contributed by atoms with van der Waals surface area (Å²) in [6.07, 6.45) is 0.852. The maximum atomic E-state index is 5.59. The Morgan fingerprint density at radius 1 is 1.00 bits per heavy atom. The number of hydrogen-bond donors (Lipinski definition) is 0. The van der Waals surface area contributed by atoms with Crippen LogP contribution >= 0.6 is 22.7 Å². The molecule has 32 heavy (non-hydrogen) atoms. The monoisotopic (exact) mass is 461 g/mol. The maximum absolute atomic E-state index is 5.59. The van der Waals surface area contributed by atoms with Crippen LogP contribution in [0, 0.1) is 6.92 Å². The third-order valence-electron chi connectivity index (χ3n) is 5.55. The first-order valence-corrected chi connectivity index (χ1v) is 12.1. The van der Waals surface area contributed by atoms with Gasteiger partial charge in [0.05, 0.1) is 36.5 Å². The van der Waals surface area contributed by atoms with Crippen LogP contribution in [-0.4, -0.2) is 24.9 Å². The van der Waals surface area contributed by atoms with E-state index in [1.807, 2.05) is 18.2 Å². The van der Waals surface area contributed by atoms with Crippen molar-refractivity contribution >= 4 is 33.5 Å². The Labute approximate surface area is 195 Å². The zero-order valence-electron chi connectivity index (χ0n) is 18.1. The molecule has 3 heterocycles. The molecule has 0 aliphatic carbocycles. The van der Waals surface area contributed by atoms with E-state index in [9.17, 15) is 0 Å². The Bertz CT molecular complexity index is 1250. The van der Waals surface area contributed by atoms with Crippen molar-refractivity contribution in [1.29, 1.82) is 0 Å². The van der Waals surface area contributed by atoms with Gasteiger partial charge in [0.15, 0.2) is 0 Å². The fraction of sp³-hybridized carbons (Fsp3) is 0.200. The van der Waals surface area contributed by atoms with Gasteiger partial charge in [0.1, 0.15) is 11.5 Å². The standard InChI is InChI=1S/C25H23N3O2S2/c1-16-6-8-17(9-7-16)22-14-20(24-5-4-12-31-24)27-28(22)25-26-21(15-32-25)19-11-10-18(29-2)13-23(19)30-3/h4-13,15,22H,14H2,1-3H3/t22-/m1/s1. The molecule has 5 rings (SSSR count). The fourth-order valence-corrected chi connectivity index (χ4v) is 5.37. The normalized spacial score (nSPS) is 15.7. The summed E-state index contributed by atoms with van der Waals surface area (Å²) in [5, 5.41) is 12.1. The lowest BCUT2D eigenvalue weighted by Crippen LogP contribution is -2.18. The van der Waals surface area contributed by atoms with E-state index in [4.69, 9.17) is 19.6 Å². The molecule has 0 radical (unpaired) electrons. The molecule has 0 saturated carbocycles. The highest BCUT2D eigenvalue weighted by molar-refractivity contribution is 7.14. The summed E-state index contributed by atoms with van der Waals surface area (Å²) in [6.45, 7) is 2.11. The molecule has 2 aromatic carbocycles. The highest BCUT2D eigenvalue weighted by Crippen LogP contribution is 2.41. The van der Waals surface area contributed by atoms with E-state index in [0.717, 1.165) is 40.0 Å². The first-order chi connectivity index (χ1) is 15.7. The molecule has 0 saturated heterocycles. The second kappa shape index (κ2) is 8.76. The first-order valence-electron chi connectivity index (χ1n) is 10.3. The number of ether oxygens (including phenoxy) is 2. The van der Waals surface area contributed by atoms with Crippen LogP contribution in [0.4, 0.5) is 5.13 Å². The molecular formula is C25H23N3O2S2. The van der Waals surface area contributed by atoms with Crippen LogP contribution in [0.15, 0.2) is 70.5 Å². The molecular weight excluding hydrogens is 438 g/mol. The number of benzene rings is 2. The number of aryl methyl sites for hydroxylation is 1. The average Bonchev–Trinajstić information content (AvgIpc) is 3.59. The van der Waals surface area contributed by atoms with Crippen molar-refractivity contribution in [2.45, 2.75) is 19.4 Å². The van der Waals surface area contributed by atoms with Crippen LogP contribution in [0.2, 0.25) is 0 Å². The minimum Gasteiger partial charge on any atom is -0.497 e. The fourth-order valence-electron chi connectivity index (χ4n) is 3.83. The van der Waals surface area contributed by atoms with Gasteiger partial charge in [0.2, 0.25) is 5.13 Å². The zero-order chi connectivity index (χ0) is 22.1. The molecule has 4 aromatic rings. The number of rotatable bonds is 6. The van der Waals surface area contributed by atoms with Gasteiger partial charge in [0, 0.05) is 23.4 Å². The molecule has 0 N–H and O–H groups in total. The number of anilines is 1. The summed E-state index contributed by atoms with van der Waals surface area (Å²) in [5.41, 5.74) is 5.39. The quantitative estimate of drug-likeness (QED) is 0.326. The van der Waals surface area contributed by atoms with E-state index in [0.29, 0.717) is 0 Å². The third kappa shape index (κ3) is 3.89. The van der Waals surface area contributed by atoms with Gasteiger partial charge in [-0.15, -0.1) is 22.7 Å². The SMILES string of the molecule is COc1ccc(-c2csc(N3N=C(c4cccs4)C[C@@H]3c3ccc(C)cc3)n2)c(OC)c1. The van der Waals surface area contributed by atoms with Crippen molar-refractivity contribution in [2.24, 2.45) is 5.10 Å². The molecule has 1 atom stereocenters. The molecule has 0 bridgehead atoms. The summed E-state index contributed by atoms with van der Waals surface area (Å²) in [5.74, 6) is 1.49. The van der Waals surface area contributed by atoms with Crippen molar-refractivity contribution in [3.05, 3.63) is 81.4 Å². The summed E-state index contributed by atoms with van der Waals surface area (Å²) >= 11 is 3.32. The van der Waals surface area contributed by atoms with Gasteiger partial charge in [-0.1, -0.05) is 35.9 Å². The van der Waals surface area contributed by atoms with Crippen molar-refractivity contribution in [3.8, 4) is 22.8 Å². The topological polar surface area (TPSA) is 47.0 Å². The van der Waals surface area contributed by atoms with Crippen LogP contribution in [0.3, 0.4) is 0 Å². The number of thiophene rings is 1. The van der Waals surface area contributed by atoms with Gasteiger partial charge in [-0.25, -0.2) is 9.99 Å². The Morgan fingerprint density at radius 3 is 2.56 bits per heavy atom. The summed E-state index contributed by atoms with van der Waals surface area (Å²) < 4.78 is 10.9. The van der Waals surface area contributed by atoms with E-state index in [2.05, 4.69) is 59.1 Å². The van der Waals surface area contributed by atoms with E-state index in [1.165, 1.54) is 16.0 Å². The van der Waals surface area contributed by atoms with Gasteiger partial charge < -0.3 is 9.47 Å². The lowest BCUT2D eigenvalue weighted by Gasteiger charge is -2.21. The molecule has 0 spiro atoms. The Hall–Kier alpha value is -3.16. The molecule has 1 aliphatic heterocycles. The molecule has 5 nitrogen and oxygen atoms in total. The Morgan fingerprint density at radius 2 is 1.84 bits per heavy atom. The average molecular weight is 462 g/mol. The number of hydrogen-bond acceptors (Lipinski definition) is 7. The van der Waals surface area contributed by atoms with E-state index >= 15 is 0 Å². The number of aromatic nitrogens is 1. The van der Waals surface area contributed by atoms with Crippen LogP contribution < -0.4 is 14.5 Å².